The predicted octanol–water partition coefficient (Wildman–Crippen LogP) is 2.62. The molecule has 4 heterocycles. The van der Waals surface area contributed by atoms with Crippen LogP contribution in [0, 0.1) is 12.8 Å². The topological polar surface area (TPSA) is 181 Å². The molecule has 0 aromatic carbocycles. The van der Waals surface area contributed by atoms with Gasteiger partial charge in [0, 0.05) is 44.8 Å². The van der Waals surface area contributed by atoms with Crippen LogP contribution in [0.15, 0.2) is 45.3 Å². The first-order chi connectivity index (χ1) is 21.7. The monoisotopic (exact) mass is 619 g/mol. The minimum atomic E-state index is -0.414. The number of aromatic nitrogens is 3. The summed E-state index contributed by atoms with van der Waals surface area (Å²) in [5.74, 6) is -0.262. The highest BCUT2D eigenvalue weighted by atomic mass is 16.5. The smallest absolute Gasteiger partial charge is 0.276 e. The van der Waals surface area contributed by atoms with Crippen molar-refractivity contribution >= 4 is 29.0 Å². The van der Waals surface area contributed by atoms with E-state index in [2.05, 4.69) is 32.1 Å². The average molecular weight is 620 g/mol. The van der Waals surface area contributed by atoms with E-state index < -0.39 is 5.91 Å². The number of nitrogen functional groups attached to an aromatic ring is 1. The van der Waals surface area contributed by atoms with Gasteiger partial charge in [-0.2, -0.15) is 5.11 Å². The molecule has 2 aromatic rings. The average Bonchev–Trinajstić information content (AvgIpc) is 3.90. The number of rotatable bonds is 11. The molecular formula is C31H41N9O5. The lowest BCUT2D eigenvalue weighted by molar-refractivity contribution is -0.121. The molecule has 2 aromatic heterocycles. The highest BCUT2D eigenvalue weighted by molar-refractivity contribution is 5.95. The number of aryl methyl sites for hydroxylation is 1. The number of pyridine rings is 1. The predicted molar refractivity (Wildman–Crippen MR) is 169 cm³/mol. The van der Waals surface area contributed by atoms with Crippen molar-refractivity contribution < 1.29 is 19.4 Å². The molecule has 4 N–H and O–H groups in total. The quantitative estimate of drug-likeness (QED) is 0.252. The van der Waals surface area contributed by atoms with Crippen molar-refractivity contribution in [3.63, 3.8) is 0 Å². The maximum Gasteiger partial charge on any atom is 0.276 e. The Balaban J connectivity index is 1.42. The zero-order valence-corrected chi connectivity index (χ0v) is 25.9. The second-order valence-corrected chi connectivity index (χ2v) is 11.5. The maximum atomic E-state index is 14.0. The molecule has 5 rings (SSSR count). The number of carbonyl (C=O) groups excluding carboxylic acids is 2. The normalized spacial score (nSPS) is 17.0. The molecule has 14 nitrogen and oxygen atoms in total. The van der Waals surface area contributed by atoms with Gasteiger partial charge in [0.2, 0.25) is 11.3 Å². The summed E-state index contributed by atoms with van der Waals surface area (Å²) in [7, 11) is 0. The number of carbonyl (C=O) groups is 2. The zero-order valence-electron chi connectivity index (χ0n) is 25.9. The molecule has 0 unspecified atom stereocenters. The molecule has 0 radical (unpaired) electrons. The number of piperazine rings is 1. The minimum absolute atomic E-state index is 0.0376. The summed E-state index contributed by atoms with van der Waals surface area (Å²) in [5.41, 5.74) is 9.22. The van der Waals surface area contributed by atoms with E-state index in [4.69, 9.17) is 10.5 Å². The number of anilines is 2. The van der Waals surface area contributed by atoms with Crippen molar-refractivity contribution in [3.8, 4) is 5.75 Å². The molecule has 45 heavy (non-hydrogen) atoms. The number of ether oxygens (including phenoxy) is 1. The van der Waals surface area contributed by atoms with Crippen molar-refractivity contribution in [1.82, 2.24) is 24.8 Å². The molecule has 1 aliphatic carbocycles. The molecule has 2 amide bonds. The van der Waals surface area contributed by atoms with Crippen LogP contribution in [0.25, 0.3) is 0 Å². The highest BCUT2D eigenvalue weighted by Crippen LogP contribution is 2.36. The molecule has 1 saturated heterocycles. The number of nitrogens with one attached hydrogen (secondary N) is 1. The number of nitrogens with zero attached hydrogens (tertiary/aromatic N) is 7. The molecule has 240 valence electrons. The van der Waals surface area contributed by atoms with Crippen LogP contribution in [0.3, 0.4) is 0 Å². The number of aromatic hydroxyl groups is 1. The number of amides is 2. The lowest BCUT2D eigenvalue weighted by atomic mass is 10.1. The molecule has 2 aliphatic heterocycles. The lowest BCUT2D eigenvalue weighted by Gasteiger charge is -2.37. The van der Waals surface area contributed by atoms with Crippen LogP contribution in [-0.2, 0) is 22.5 Å². The van der Waals surface area contributed by atoms with Crippen molar-refractivity contribution in [2.24, 2.45) is 16.1 Å². The fraction of sp³-hybridized carbons (Fsp3) is 0.516. The first-order valence-electron chi connectivity index (χ1n) is 15.4. The zero-order chi connectivity index (χ0) is 32.1. The third kappa shape index (κ3) is 7.22. The molecule has 0 atom stereocenters. The number of nitrogens with two attached hydrogens (primary N) is 1. The Kier molecular flexibility index (Phi) is 9.91. The Morgan fingerprint density at radius 2 is 1.96 bits per heavy atom. The van der Waals surface area contributed by atoms with Gasteiger partial charge in [-0.3, -0.25) is 14.4 Å². The van der Waals surface area contributed by atoms with Gasteiger partial charge in [0.15, 0.2) is 17.1 Å². The van der Waals surface area contributed by atoms with E-state index in [1.807, 2.05) is 11.8 Å². The SMILES string of the molecule is C=C(CCNC(=O)Cn1c(N)c(N=NC2=CCOCC2)c(=O)c(N2CCN(C(=O)c3ncnc(C)c3O)CC2)c1CC)C1CC1. The first kappa shape index (κ1) is 31.8. The van der Waals surface area contributed by atoms with Crippen LogP contribution in [-0.4, -0.2) is 82.3 Å². The molecule has 14 heteroatoms. The Morgan fingerprint density at radius 1 is 1.20 bits per heavy atom. The van der Waals surface area contributed by atoms with Crippen molar-refractivity contribution in [2.75, 3.05) is 56.6 Å². The lowest BCUT2D eigenvalue weighted by Crippen LogP contribution is -2.50. The van der Waals surface area contributed by atoms with E-state index in [0.29, 0.717) is 74.4 Å². The standard InChI is InChI=1S/C31H41N9O5/c1-4-23-27(38-11-13-39(14-12-38)31(44)26-28(42)20(3)34-18-35-26)29(43)25(37-36-22-8-15-45-16-9-22)30(32)40(23)17-24(41)33-10-7-19(2)21-5-6-21/h8,18,21,42H,2,4-7,9-17,32H2,1,3H3,(H,33,41). The summed E-state index contributed by atoms with van der Waals surface area (Å²) in [6.45, 7) is 10.2. The second kappa shape index (κ2) is 14.0. The third-order valence-corrected chi connectivity index (χ3v) is 8.43. The fourth-order valence-electron chi connectivity index (χ4n) is 5.61. The molecule has 1 saturated carbocycles. The van der Waals surface area contributed by atoms with Gasteiger partial charge in [-0.05, 0) is 44.6 Å². The Hall–Kier alpha value is -4.59. The Bertz CT molecular complexity index is 1590. The van der Waals surface area contributed by atoms with E-state index in [1.165, 1.54) is 6.33 Å². The number of hydrogen-bond acceptors (Lipinski definition) is 11. The van der Waals surface area contributed by atoms with Gasteiger partial charge < -0.3 is 35.3 Å². The van der Waals surface area contributed by atoms with Crippen LogP contribution in [0.2, 0.25) is 0 Å². The summed E-state index contributed by atoms with van der Waals surface area (Å²) < 4.78 is 6.99. The molecule has 0 bridgehead atoms. The summed E-state index contributed by atoms with van der Waals surface area (Å²) in [6, 6.07) is 0. The summed E-state index contributed by atoms with van der Waals surface area (Å²) >= 11 is 0. The van der Waals surface area contributed by atoms with Crippen LogP contribution < -0.4 is 21.4 Å². The van der Waals surface area contributed by atoms with Crippen LogP contribution in [0.4, 0.5) is 17.2 Å². The van der Waals surface area contributed by atoms with Gasteiger partial charge in [0.25, 0.3) is 5.91 Å². The molecular weight excluding hydrogens is 578 g/mol. The van der Waals surface area contributed by atoms with Gasteiger partial charge in [-0.25, -0.2) is 9.97 Å². The largest absolute Gasteiger partial charge is 0.504 e. The van der Waals surface area contributed by atoms with Gasteiger partial charge >= 0.3 is 0 Å². The van der Waals surface area contributed by atoms with Gasteiger partial charge in [0.1, 0.15) is 24.4 Å². The highest BCUT2D eigenvalue weighted by Gasteiger charge is 2.30. The van der Waals surface area contributed by atoms with Gasteiger partial charge in [-0.1, -0.05) is 19.1 Å². The van der Waals surface area contributed by atoms with E-state index in [1.54, 1.807) is 22.5 Å². The van der Waals surface area contributed by atoms with Crippen LogP contribution in [0.1, 0.15) is 54.5 Å². The van der Waals surface area contributed by atoms with E-state index >= 15 is 0 Å². The maximum absolute atomic E-state index is 14.0. The summed E-state index contributed by atoms with van der Waals surface area (Å²) in [4.78, 5) is 51.7. The first-order valence-corrected chi connectivity index (χ1v) is 15.4. The summed E-state index contributed by atoms with van der Waals surface area (Å²) in [6.07, 6.45) is 7.08. The Morgan fingerprint density at radius 3 is 2.62 bits per heavy atom. The number of hydrogen-bond donors (Lipinski definition) is 3. The van der Waals surface area contributed by atoms with Crippen molar-refractivity contribution in [2.45, 2.75) is 52.5 Å². The van der Waals surface area contributed by atoms with Gasteiger partial charge in [-0.15, -0.1) is 5.11 Å². The molecule has 3 aliphatic rings. The van der Waals surface area contributed by atoms with E-state index in [0.717, 1.165) is 24.8 Å². The summed E-state index contributed by atoms with van der Waals surface area (Å²) in [5, 5.41) is 21.9. The minimum Gasteiger partial charge on any atom is -0.504 e. The molecule has 0 spiro atoms. The van der Waals surface area contributed by atoms with Crippen molar-refractivity contribution in [3.05, 3.63) is 57.6 Å². The van der Waals surface area contributed by atoms with Crippen LogP contribution >= 0.6 is 0 Å². The van der Waals surface area contributed by atoms with Crippen molar-refractivity contribution in [1.29, 1.82) is 0 Å². The third-order valence-electron chi connectivity index (χ3n) is 8.43. The Labute approximate surface area is 261 Å². The fourth-order valence-corrected chi connectivity index (χ4v) is 5.61. The number of azo groups is 1. The van der Waals surface area contributed by atoms with Crippen LogP contribution in [0.5, 0.6) is 5.75 Å². The van der Waals surface area contributed by atoms with E-state index in [9.17, 15) is 19.5 Å². The van der Waals surface area contributed by atoms with E-state index in [-0.39, 0.29) is 53.9 Å². The molecule has 2 fully saturated rings. The second-order valence-electron chi connectivity index (χ2n) is 11.5. The van der Waals surface area contributed by atoms with Gasteiger partial charge in [0.05, 0.1) is 24.6 Å².